The van der Waals surface area contributed by atoms with Gasteiger partial charge in [-0.1, -0.05) is 25.1 Å². The number of anilines is 3. The van der Waals surface area contributed by atoms with Crippen LogP contribution in [0.3, 0.4) is 0 Å². The van der Waals surface area contributed by atoms with E-state index in [1.54, 1.807) is 41.3 Å². The third kappa shape index (κ3) is 3.69. The van der Waals surface area contributed by atoms with Crippen molar-refractivity contribution in [1.29, 1.82) is 0 Å². The molecule has 5 rings (SSSR count). The van der Waals surface area contributed by atoms with Gasteiger partial charge in [0, 0.05) is 23.7 Å². The van der Waals surface area contributed by atoms with E-state index in [0.29, 0.717) is 41.2 Å². The Kier molecular flexibility index (Phi) is 5.33. The van der Waals surface area contributed by atoms with Gasteiger partial charge in [-0.25, -0.2) is 14.4 Å². The highest BCUT2D eigenvalue weighted by atomic mass is 19.1. The molecule has 0 saturated carbocycles. The average Bonchev–Trinajstić information content (AvgIpc) is 3.14. The second-order valence-corrected chi connectivity index (χ2v) is 8.46. The molecule has 2 aromatic heterocycles. The quantitative estimate of drug-likeness (QED) is 0.428. The van der Waals surface area contributed by atoms with Gasteiger partial charge in [-0.15, -0.1) is 0 Å². The van der Waals surface area contributed by atoms with Crippen molar-refractivity contribution in [2.75, 3.05) is 22.5 Å². The fourth-order valence-corrected chi connectivity index (χ4v) is 4.36. The molecule has 1 saturated heterocycles. The van der Waals surface area contributed by atoms with Crippen LogP contribution in [0.4, 0.5) is 21.8 Å². The molecular formula is C25H24FN7O. The number of benzene rings is 2. The molecule has 0 aliphatic carbocycles. The number of aromatic nitrogens is 3. The molecule has 3 heterocycles. The molecule has 0 radical (unpaired) electrons. The number of amides is 1. The lowest BCUT2D eigenvalue weighted by Crippen LogP contribution is -2.63. The second kappa shape index (κ2) is 8.35. The zero-order chi connectivity index (χ0) is 23.9. The SMILES string of the molecule is CC1CCN(c2nc(N)nc3ccc(-c4ccc(F)cc4)nc23)[C@]1(N)C(=O)Nc1ccccc1. The Morgan fingerprint density at radius 2 is 1.79 bits per heavy atom. The molecule has 8 nitrogen and oxygen atoms in total. The minimum atomic E-state index is -1.38. The largest absolute Gasteiger partial charge is 0.368 e. The van der Waals surface area contributed by atoms with Gasteiger partial charge in [-0.3, -0.25) is 4.79 Å². The Morgan fingerprint density at radius 3 is 2.53 bits per heavy atom. The van der Waals surface area contributed by atoms with Crippen molar-refractivity contribution in [3.05, 3.63) is 72.5 Å². The molecule has 34 heavy (non-hydrogen) atoms. The van der Waals surface area contributed by atoms with Crippen LogP contribution in [0.15, 0.2) is 66.7 Å². The molecule has 172 valence electrons. The summed E-state index contributed by atoms with van der Waals surface area (Å²) in [5, 5.41) is 2.92. The molecule has 4 aromatic rings. The molecule has 0 spiro atoms. The maximum atomic E-state index is 13.5. The Labute approximate surface area is 195 Å². The lowest BCUT2D eigenvalue weighted by atomic mass is 9.94. The van der Waals surface area contributed by atoms with Crippen molar-refractivity contribution in [1.82, 2.24) is 15.0 Å². The lowest BCUT2D eigenvalue weighted by Gasteiger charge is -2.37. The van der Waals surface area contributed by atoms with Crippen LogP contribution in [0.1, 0.15) is 13.3 Å². The van der Waals surface area contributed by atoms with Crippen LogP contribution in [-0.2, 0) is 4.79 Å². The van der Waals surface area contributed by atoms with E-state index in [9.17, 15) is 9.18 Å². The fourth-order valence-electron chi connectivity index (χ4n) is 4.36. The fraction of sp³-hybridized carbons (Fsp3) is 0.200. The van der Waals surface area contributed by atoms with Crippen LogP contribution in [0.2, 0.25) is 0 Å². The summed E-state index contributed by atoms with van der Waals surface area (Å²) >= 11 is 0. The maximum absolute atomic E-state index is 13.5. The first-order valence-electron chi connectivity index (χ1n) is 11.0. The number of nitrogens with two attached hydrogens (primary N) is 2. The van der Waals surface area contributed by atoms with E-state index in [0.717, 1.165) is 5.56 Å². The maximum Gasteiger partial charge on any atom is 0.265 e. The van der Waals surface area contributed by atoms with E-state index in [4.69, 9.17) is 16.5 Å². The van der Waals surface area contributed by atoms with E-state index in [1.165, 1.54) is 12.1 Å². The topological polar surface area (TPSA) is 123 Å². The minimum absolute atomic E-state index is 0.0594. The van der Waals surface area contributed by atoms with Crippen molar-refractivity contribution in [2.45, 2.75) is 19.0 Å². The number of carbonyl (C=O) groups excluding carboxylic acids is 1. The molecular weight excluding hydrogens is 433 g/mol. The standard InChI is InChI=1S/C25H24FN7O/c1-15-13-14-33(25(15,28)23(34)29-18-5-3-2-4-6-18)22-21-20(31-24(27)32-22)12-11-19(30-21)16-7-9-17(26)10-8-16/h2-12,15H,13-14,28H2,1H3,(H,29,34)(H2,27,31,32)/t15?,25-/m0/s1. The number of fused-ring (bicyclic) bond motifs is 1. The van der Waals surface area contributed by atoms with E-state index in [2.05, 4.69) is 15.3 Å². The number of halogens is 1. The highest BCUT2D eigenvalue weighted by molar-refractivity contribution is 6.02. The number of hydrogen-bond donors (Lipinski definition) is 3. The highest BCUT2D eigenvalue weighted by Gasteiger charge is 2.51. The van der Waals surface area contributed by atoms with Crippen molar-refractivity contribution < 1.29 is 9.18 Å². The zero-order valence-electron chi connectivity index (χ0n) is 18.6. The average molecular weight is 458 g/mol. The Balaban J connectivity index is 1.60. The van der Waals surface area contributed by atoms with Gasteiger partial charge >= 0.3 is 0 Å². The molecule has 0 bridgehead atoms. The van der Waals surface area contributed by atoms with Crippen LogP contribution >= 0.6 is 0 Å². The molecule has 9 heteroatoms. The highest BCUT2D eigenvalue weighted by Crippen LogP contribution is 2.38. The second-order valence-electron chi connectivity index (χ2n) is 8.46. The summed E-state index contributed by atoms with van der Waals surface area (Å²) in [6.07, 6.45) is 0.682. The van der Waals surface area contributed by atoms with Gasteiger partial charge in [0.05, 0.1) is 11.2 Å². The smallest absolute Gasteiger partial charge is 0.265 e. The van der Waals surface area contributed by atoms with Crippen molar-refractivity contribution in [3.8, 4) is 11.3 Å². The van der Waals surface area contributed by atoms with E-state index >= 15 is 0 Å². The van der Waals surface area contributed by atoms with Gasteiger partial charge in [0.15, 0.2) is 11.5 Å². The normalized spacial score (nSPS) is 20.0. The van der Waals surface area contributed by atoms with Gasteiger partial charge < -0.3 is 21.7 Å². The molecule has 1 unspecified atom stereocenters. The third-order valence-corrected chi connectivity index (χ3v) is 6.32. The first kappa shape index (κ1) is 21.7. The summed E-state index contributed by atoms with van der Waals surface area (Å²) < 4.78 is 13.4. The summed E-state index contributed by atoms with van der Waals surface area (Å²) in [5.41, 5.74) is 14.5. The Morgan fingerprint density at radius 1 is 1.06 bits per heavy atom. The summed E-state index contributed by atoms with van der Waals surface area (Å²) in [7, 11) is 0. The Hall–Kier alpha value is -4.11. The van der Waals surface area contributed by atoms with E-state index in [1.807, 2.05) is 25.1 Å². The number of nitrogens with zero attached hydrogens (tertiary/aromatic N) is 4. The van der Waals surface area contributed by atoms with Crippen LogP contribution < -0.4 is 21.7 Å². The number of rotatable bonds is 4. The van der Waals surface area contributed by atoms with Crippen molar-refractivity contribution in [3.63, 3.8) is 0 Å². The zero-order valence-corrected chi connectivity index (χ0v) is 18.6. The number of nitrogen functional groups attached to an aromatic ring is 1. The summed E-state index contributed by atoms with van der Waals surface area (Å²) in [6.45, 7) is 2.43. The number of para-hydroxylation sites is 1. The molecule has 2 atom stereocenters. The van der Waals surface area contributed by atoms with Gasteiger partial charge in [0.25, 0.3) is 5.91 Å². The number of nitrogens with one attached hydrogen (secondary N) is 1. The van der Waals surface area contributed by atoms with Crippen LogP contribution in [0.5, 0.6) is 0 Å². The molecule has 1 amide bonds. The van der Waals surface area contributed by atoms with Crippen LogP contribution in [-0.4, -0.2) is 33.1 Å². The van der Waals surface area contributed by atoms with E-state index < -0.39 is 5.66 Å². The monoisotopic (exact) mass is 457 g/mol. The molecule has 1 fully saturated rings. The Bertz CT molecular complexity index is 1360. The summed E-state index contributed by atoms with van der Waals surface area (Å²) in [5.74, 6) is -0.387. The first-order valence-corrected chi connectivity index (χ1v) is 11.0. The number of carbonyl (C=O) groups is 1. The van der Waals surface area contributed by atoms with Gasteiger partial charge in [-0.2, -0.15) is 4.98 Å². The molecule has 1 aliphatic heterocycles. The summed E-state index contributed by atoms with van der Waals surface area (Å²) in [6, 6.07) is 18.8. The van der Waals surface area contributed by atoms with E-state index in [-0.39, 0.29) is 23.6 Å². The van der Waals surface area contributed by atoms with Crippen molar-refractivity contribution >= 4 is 34.4 Å². The van der Waals surface area contributed by atoms with Crippen LogP contribution in [0, 0.1) is 11.7 Å². The summed E-state index contributed by atoms with van der Waals surface area (Å²) in [4.78, 5) is 28.8. The molecule has 1 aliphatic rings. The van der Waals surface area contributed by atoms with Gasteiger partial charge in [0.1, 0.15) is 11.3 Å². The predicted octanol–water partition coefficient (Wildman–Crippen LogP) is 3.55. The molecule has 5 N–H and O–H groups in total. The minimum Gasteiger partial charge on any atom is -0.368 e. The third-order valence-electron chi connectivity index (χ3n) is 6.32. The van der Waals surface area contributed by atoms with Gasteiger partial charge in [-0.05, 0) is 55.0 Å². The van der Waals surface area contributed by atoms with Crippen LogP contribution in [0.25, 0.3) is 22.3 Å². The van der Waals surface area contributed by atoms with Crippen molar-refractivity contribution in [2.24, 2.45) is 11.7 Å². The first-order chi connectivity index (χ1) is 16.4. The predicted molar refractivity (Wildman–Crippen MR) is 130 cm³/mol. The van der Waals surface area contributed by atoms with Gasteiger partial charge in [0.2, 0.25) is 5.95 Å². The lowest BCUT2D eigenvalue weighted by molar-refractivity contribution is -0.122. The number of hydrogen-bond acceptors (Lipinski definition) is 7. The number of pyridine rings is 1. The molecule has 2 aromatic carbocycles.